The molecule has 0 aromatic rings. The number of hydrogen-bond acceptors (Lipinski definition) is 5. The predicted octanol–water partition coefficient (Wildman–Crippen LogP) is 15.5. The van der Waals surface area contributed by atoms with Gasteiger partial charge in [0.1, 0.15) is 6.10 Å². The molecule has 0 saturated heterocycles. The number of carbonyl (C=O) groups is 2. The first-order chi connectivity index (χ1) is 29.5. The van der Waals surface area contributed by atoms with Gasteiger partial charge in [-0.2, -0.15) is 0 Å². The van der Waals surface area contributed by atoms with Crippen molar-refractivity contribution < 1.29 is 24.5 Å². The molecule has 0 aromatic carbocycles. The summed E-state index contributed by atoms with van der Waals surface area (Å²) in [7, 11) is 0. The van der Waals surface area contributed by atoms with Gasteiger partial charge in [-0.3, -0.25) is 9.59 Å². The minimum Gasteiger partial charge on any atom is -0.462 e. The first-order valence-electron chi connectivity index (χ1n) is 25.9. The summed E-state index contributed by atoms with van der Waals surface area (Å²) in [5, 5.41) is 23.7. The third-order valence-corrected chi connectivity index (χ3v) is 11.8. The summed E-state index contributed by atoms with van der Waals surface area (Å²) in [6.07, 6.45) is 57.6. The molecule has 0 aromatic heterocycles. The summed E-state index contributed by atoms with van der Waals surface area (Å²) in [4.78, 5) is 26.1. The normalized spacial score (nSPS) is 13.6. The van der Waals surface area contributed by atoms with Gasteiger partial charge in [0.2, 0.25) is 5.91 Å². The van der Waals surface area contributed by atoms with Crippen LogP contribution in [0.5, 0.6) is 0 Å². The maximum absolute atomic E-state index is 13.2. The number of unbranched alkanes of at least 4 members (excludes halogenated alkanes) is 29. The number of esters is 1. The lowest BCUT2D eigenvalue weighted by molar-refractivity contribution is -0.151. The smallest absolute Gasteiger partial charge is 0.306 e. The third kappa shape index (κ3) is 42.5. The molecule has 0 rings (SSSR count). The Bertz CT molecular complexity index is 1040. The molecule has 0 fully saturated rings. The summed E-state index contributed by atoms with van der Waals surface area (Å²) >= 11 is 0. The summed E-state index contributed by atoms with van der Waals surface area (Å²) in [6.45, 7) is 6.32. The van der Waals surface area contributed by atoms with E-state index in [9.17, 15) is 19.8 Å². The van der Waals surface area contributed by atoms with Crippen molar-refractivity contribution in [2.24, 2.45) is 0 Å². The van der Waals surface area contributed by atoms with E-state index in [4.69, 9.17) is 4.74 Å². The largest absolute Gasteiger partial charge is 0.462 e. The highest BCUT2D eigenvalue weighted by atomic mass is 16.5. The van der Waals surface area contributed by atoms with Crippen LogP contribution >= 0.6 is 0 Å². The summed E-state index contributed by atoms with van der Waals surface area (Å²) in [5.74, 6) is -0.534. The summed E-state index contributed by atoms with van der Waals surface area (Å²) < 4.78 is 5.89. The molecule has 6 heteroatoms. The van der Waals surface area contributed by atoms with Crippen LogP contribution in [0.3, 0.4) is 0 Å². The van der Waals surface area contributed by atoms with Crippen LogP contribution in [0.4, 0.5) is 0 Å². The minimum absolute atomic E-state index is 0.0340. The van der Waals surface area contributed by atoms with Crippen molar-refractivity contribution in [3.05, 3.63) is 48.6 Å². The molecule has 0 saturated carbocycles. The summed E-state index contributed by atoms with van der Waals surface area (Å²) in [6, 6.07) is -0.720. The Hall–Kier alpha value is -2.18. The topological polar surface area (TPSA) is 95.9 Å². The van der Waals surface area contributed by atoms with Crippen LogP contribution in [0.1, 0.15) is 258 Å². The van der Waals surface area contributed by atoms with Crippen molar-refractivity contribution in [2.75, 3.05) is 6.61 Å². The van der Waals surface area contributed by atoms with Gasteiger partial charge in [-0.1, -0.05) is 256 Å². The van der Waals surface area contributed by atoms with E-state index in [0.717, 1.165) is 57.8 Å². The van der Waals surface area contributed by atoms with Crippen molar-refractivity contribution in [3.63, 3.8) is 0 Å². The van der Waals surface area contributed by atoms with Gasteiger partial charge in [-0.05, 0) is 38.5 Å². The molecule has 3 unspecified atom stereocenters. The van der Waals surface area contributed by atoms with Crippen molar-refractivity contribution >= 4 is 11.9 Å². The Kier molecular flexibility index (Phi) is 46.1. The molecule has 1 amide bonds. The maximum Gasteiger partial charge on any atom is 0.306 e. The monoisotopic (exact) mass is 842 g/mol. The number of aliphatic hydroxyl groups is 2. The van der Waals surface area contributed by atoms with Gasteiger partial charge in [0.05, 0.1) is 25.2 Å². The van der Waals surface area contributed by atoms with Gasteiger partial charge in [0, 0.05) is 6.42 Å². The van der Waals surface area contributed by atoms with E-state index in [1.165, 1.54) is 154 Å². The van der Waals surface area contributed by atoms with E-state index in [1.54, 1.807) is 0 Å². The lowest BCUT2D eigenvalue weighted by atomic mass is 10.0. The molecule has 0 bridgehead atoms. The number of nitrogens with one attached hydrogen (secondary N) is 1. The molecule has 3 atom stereocenters. The number of hydrogen-bond donors (Lipinski definition) is 3. The van der Waals surface area contributed by atoms with Crippen LogP contribution in [0.2, 0.25) is 0 Å². The highest BCUT2D eigenvalue weighted by Crippen LogP contribution is 2.18. The average molecular weight is 842 g/mol. The Labute approximate surface area is 372 Å². The number of carbonyl (C=O) groups excluding carboxylic acids is 2. The van der Waals surface area contributed by atoms with Crippen molar-refractivity contribution in [1.82, 2.24) is 5.32 Å². The van der Waals surface area contributed by atoms with E-state index >= 15 is 0 Å². The van der Waals surface area contributed by atoms with E-state index < -0.39 is 18.2 Å². The lowest BCUT2D eigenvalue weighted by Crippen LogP contribution is -2.46. The maximum atomic E-state index is 13.2. The Balaban J connectivity index is 4.51. The molecule has 3 N–H and O–H groups in total. The number of allylic oxidation sites excluding steroid dienone is 8. The molecule has 0 heterocycles. The molecule has 0 aliphatic heterocycles. The molecular weight excluding hydrogens is 743 g/mol. The average Bonchev–Trinajstić information content (AvgIpc) is 3.24. The van der Waals surface area contributed by atoms with E-state index in [1.807, 2.05) is 36.5 Å². The van der Waals surface area contributed by atoms with Gasteiger partial charge in [-0.25, -0.2) is 0 Å². The molecule has 0 aliphatic carbocycles. The predicted molar refractivity (Wildman–Crippen MR) is 259 cm³/mol. The fourth-order valence-electron chi connectivity index (χ4n) is 7.86. The number of aliphatic hydroxyl groups excluding tert-OH is 2. The SMILES string of the molecule is CC/C=C/C=C/C=C\C=C/CCCC(CC(=O)NC(CO)C(O)CCCCCCCCCCCCC)OC(=O)CCCCCCCCCCCCCCCCCCCCC. The lowest BCUT2D eigenvalue weighted by Gasteiger charge is -2.24. The van der Waals surface area contributed by atoms with Crippen LogP contribution in [-0.4, -0.2) is 46.9 Å². The van der Waals surface area contributed by atoms with Crippen LogP contribution < -0.4 is 5.32 Å². The number of ether oxygens (including phenoxy) is 1. The molecular formula is C54H99NO5. The second-order valence-corrected chi connectivity index (χ2v) is 17.6. The zero-order valence-corrected chi connectivity index (χ0v) is 39.8. The van der Waals surface area contributed by atoms with Crippen LogP contribution in [0.25, 0.3) is 0 Å². The van der Waals surface area contributed by atoms with Crippen molar-refractivity contribution in [1.29, 1.82) is 0 Å². The quantitative estimate of drug-likeness (QED) is 0.0322. The van der Waals surface area contributed by atoms with Crippen LogP contribution in [0, 0.1) is 0 Å². The van der Waals surface area contributed by atoms with Crippen molar-refractivity contribution in [2.45, 2.75) is 277 Å². The highest BCUT2D eigenvalue weighted by Gasteiger charge is 2.24. The van der Waals surface area contributed by atoms with E-state index in [2.05, 4.69) is 38.2 Å². The second kappa shape index (κ2) is 47.9. The molecule has 0 aliphatic rings. The van der Waals surface area contributed by atoms with Gasteiger partial charge >= 0.3 is 5.97 Å². The fraction of sp³-hybridized carbons (Fsp3) is 0.815. The van der Waals surface area contributed by atoms with E-state index in [0.29, 0.717) is 19.3 Å². The zero-order valence-electron chi connectivity index (χ0n) is 39.8. The van der Waals surface area contributed by atoms with Gasteiger partial charge in [-0.15, -0.1) is 0 Å². The fourth-order valence-corrected chi connectivity index (χ4v) is 7.86. The molecule has 350 valence electrons. The summed E-state index contributed by atoms with van der Waals surface area (Å²) in [5.41, 5.74) is 0. The zero-order chi connectivity index (χ0) is 43.8. The highest BCUT2D eigenvalue weighted by molar-refractivity contribution is 5.77. The molecule has 0 spiro atoms. The minimum atomic E-state index is -0.802. The molecule has 0 radical (unpaired) electrons. The van der Waals surface area contributed by atoms with Crippen molar-refractivity contribution in [3.8, 4) is 0 Å². The number of rotatable bonds is 46. The standard InChI is InChI=1S/C54H99NO5/c1-4-7-10-13-16-19-22-23-24-25-26-27-28-29-32-35-38-41-44-47-54(59)60-50(45-42-39-36-33-30-20-17-14-11-8-5-2)48-53(58)55-51(49-56)52(57)46-43-40-37-34-31-21-18-15-12-9-6-3/h8,11,14,17,20,30,33,36,50-52,56-57H,4-7,9-10,12-13,15-16,18-19,21-29,31-32,34-35,37-49H2,1-3H3,(H,55,58)/b11-8+,17-14+,30-20-,36-33-. The van der Waals surface area contributed by atoms with E-state index in [-0.39, 0.29) is 24.9 Å². The first-order valence-corrected chi connectivity index (χ1v) is 25.9. The Morgan fingerprint density at radius 2 is 0.900 bits per heavy atom. The second-order valence-electron chi connectivity index (χ2n) is 17.6. The third-order valence-electron chi connectivity index (χ3n) is 11.8. The first kappa shape index (κ1) is 57.8. The Morgan fingerprint density at radius 3 is 1.33 bits per heavy atom. The Morgan fingerprint density at radius 1 is 0.500 bits per heavy atom. The number of amides is 1. The molecule has 6 nitrogen and oxygen atoms in total. The van der Waals surface area contributed by atoms with Crippen LogP contribution in [-0.2, 0) is 14.3 Å². The molecule has 60 heavy (non-hydrogen) atoms. The van der Waals surface area contributed by atoms with Crippen LogP contribution in [0.15, 0.2) is 48.6 Å². The van der Waals surface area contributed by atoms with Gasteiger partial charge < -0.3 is 20.3 Å². The van der Waals surface area contributed by atoms with Gasteiger partial charge in [0.25, 0.3) is 0 Å². The van der Waals surface area contributed by atoms with Gasteiger partial charge in [0.15, 0.2) is 0 Å².